The number of fused-ring (bicyclic) bond motifs is 2. The minimum Gasteiger partial charge on any atom is -0.497 e. The van der Waals surface area contributed by atoms with E-state index in [-0.39, 0.29) is 0 Å². The summed E-state index contributed by atoms with van der Waals surface area (Å²) in [6.45, 7) is 3.11. The number of pyridine rings is 1. The van der Waals surface area contributed by atoms with Crippen LogP contribution in [0.2, 0.25) is 0 Å². The number of rotatable bonds is 5. The first kappa shape index (κ1) is 17.4. The van der Waals surface area contributed by atoms with E-state index in [1.54, 1.807) is 7.11 Å². The monoisotopic (exact) mass is 371 g/mol. The van der Waals surface area contributed by atoms with Gasteiger partial charge in [0.25, 0.3) is 0 Å². The molecule has 3 saturated heterocycles. The van der Waals surface area contributed by atoms with E-state index in [2.05, 4.69) is 63.7 Å². The molecule has 0 radical (unpaired) electrons. The molecular weight excluding hydrogens is 346 g/mol. The van der Waals surface area contributed by atoms with Crippen LogP contribution < -0.4 is 10.1 Å². The Morgan fingerprint density at radius 1 is 0.929 bits per heavy atom. The van der Waals surface area contributed by atoms with Crippen molar-refractivity contribution >= 4 is 0 Å². The molecule has 3 aromatic rings. The minimum atomic E-state index is 0.536. The highest BCUT2D eigenvalue weighted by molar-refractivity contribution is 5.64. The van der Waals surface area contributed by atoms with Crippen molar-refractivity contribution < 1.29 is 4.74 Å². The Kier molecular flexibility index (Phi) is 4.59. The predicted octanol–water partition coefficient (Wildman–Crippen LogP) is 3.70. The van der Waals surface area contributed by atoms with E-state index in [0.29, 0.717) is 18.0 Å². The van der Waals surface area contributed by atoms with Crippen molar-refractivity contribution in [1.29, 1.82) is 0 Å². The van der Waals surface area contributed by atoms with Gasteiger partial charge in [-0.1, -0.05) is 42.5 Å². The Hall–Kier alpha value is -2.69. The van der Waals surface area contributed by atoms with Crippen molar-refractivity contribution in [2.75, 3.05) is 20.2 Å². The van der Waals surface area contributed by atoms with Gasteiger partial charge in [0, 0.05) is 43.8 Å². The number of hydrogen-bond acceptors (Lipinski definition) is 4. The number of aromatic nitrogens is 1. The summed E-state index contributed by atoms with van der Waals surface area (Å²) in [7, 11) is 1.70. The second-order valence-corrected chi connectivity index (χ2v) is 7.77. The number of piperazine rings is 1. The lowest BCUT2D eigenvalue weighted by Gasteiger charge is -2.55. The average molecular weight is 371 g/mol. The summed E-state index contributed by atoms with van der Waals surface area (Å²) in [6, 6.07) is 24.6. The zero-order valence-corrected chi connectivity index (χ0v) is 16.1. The highest BCUT2D eigenvalue weighted by atomic mass is 16.5. The molecule has 0 aliphatic carbocycles. The number of piperidine rings is 1. The quantitative estimate of drug-likeness (QED) is 0.742. The number of nitrogens with one attached hydrogen (secondary N) is 1. The van der Waals surface area contributed by atoms with Crippen LogP contribution in [0.5, 0.6) is 5.75 Å². The van der Waals surface area contributed by atoms with E-state index >= 15 is 0 Å². The van der Waals surface area contributed by atoms with Gasteiger partial charge in [-0.3, -0.25) is 9.88 Å². The molecule has 0 saturated carbocycles. The van der Waals surface area contributed by atoms with Crippen LogP contribution in [0, 0.1) is 0 Å². The normalized spacial score (nSPS) is 23.8. The van der Waals surface area contributed by atoms with Crippen molar-refractivity contribution in [2.45, 2.75) is 24.5 Å². The van der Waals surface area contributed by atoms with Crippen LogP contribution in [-0.4, -0.2) is 42.2 Å². The molecule has 3 fully saturated rings. The van der Waals surface area contributed by atoms with Gasteiger partial charge in [0.2, 0.25) is 0 Å². The average Bonchev–Trinajstić information content (AvgIpc) is 2.75. The fourth-order valence-electron chi connectivity index (χ4n) is 4.60. The zero-order chi connectivity index (χ0) is 18.9. The number of hydrogen-bond donors (Lipinski definition) is 1. The molecule has 6 rings (SSSR count). The lowest BCUT2D eigenvalue weighted by Crippen LogP contribution is -2.71. The summed E-state index contributed by atoms with van der Waals surface area (Å²) in [5, 5.41) is 3.73. The third-order valence-electron chi connectivity index (χ3n) is 6.04. The van der Waals surface area contributed by atoms with Crippen LogP contribution in [-0.2, 0) is 6.54 Å². The van der Waals surface area contributed by atoms with E-state index in [4.69, 9.17) is 4.74 Å². The highest BCUT2D eigenvalue weighted by Crippen LogP contribution is 2.38. The van der Waals surface area contributed by atoms with Crippen LogP contribution in [0.25, 0.3) is 11.1 Å². The molecule has 3 aliphatic heterocycles. The highest BCUT2D eigenvalue weighted by Gasteiger charge is 2.46. The van der Waals surface area contributed by atoms with Crippen molar-refractivity contribution in [2.24, 2.45) is 0 Å². The van der Waals surface area contributed by atoms with Crippen molar-refractivity contribution in [3.63, 3.8) is 0 Å². The van der Waals surface area contributed by atoms with Gasteiger partial charge in [-0.25, -0.2) is 0 Å². The maximum absolute atomic E-state index is 5.25. The summed E-state index contributed by atoms with van der Waals surface area (Å²) in [5.74, 6) is 1.51. The Bertz CT molecular complexity index is 912. The maximum Gasteiger partial charge on any atom is 0.118 e. The SMILES string of the molecule is COc1ccc(-c2ccc(C3[C@@H]4CN(Cc5ccccn5)C[C@H]3N4)cc2)cc1. The van der Waals surface area contributed by atoms with Gasteiger partial charge in [-0.2, -0.15) is 0 Å². The van der Waals surface area contributed by atoms with Crippen LogP contribution >= 0.6 is 0 Å². The van der Waals surface area contributed by atoms with Crippen LogP contribution in [0.3, 0.4) is 0 Å². The van der Waals surface area contributed by atoms with E-state index in [0.717, 1.165) is 31.1 Å². The Morgan fingerprint density at radius 3 is 2.21 bits per heavy atom. The molecule has 2 bridgehead atoms. The fourth-order valence-corrected chi connectivity index (χ4v) is 4.60. The summed E-state index contributed by atoms with van der Waals surface area (Å²) in [6.07, 6.45) is 1.88. The molecule has 4 nitrogen and oxygen atoms in total. The Labute approximate surface area is 166 Å². The lowest BCUT2D eigenvalue weighted by atomic mass is 9.74. The molecule has 1 aromatic heterocycles. The summed E-state index contributed by atoms with van der Waals surface area (Å²) in [4.78, 5) is 6.99. The number of benzene rings is 2. The van der Waals surface area contributed by atoms with E-state index in [9.17, 15) is 0 Å². The van der Waals surface area contributed by atoms with Gasteiger partial charge in [-0.05, 0) is 41.0 Å². The first-order valence-electron chi connectivity index (χ1n) is 9.93. The van der Waals surface area contributed by atoms with Gasteiger partial charge in [0.1, 0.15) is 5.75 Å². The minimum absolute atomic E-state index is 0.536. The van der Waals surface area contributed by atoms with Gasteiger partial charge >= 0.3 is 0 Å². The van der Waals surface area contributed by atoms with Gasteiger partial charge < -0.3 is 10.1 Å². The molecule has 28 heavy (non-hydrogen) atoms. The topological polar surface area (TPSA) is 37.4 Å². The fraction of sp³-hybridized carbons (Fsp3) is 0.292. The first-order valence-corrected chi connectivity index (χ1v) is 9.93. The van der Waals surface area contributed by atoms with E-state index < -0.39 is 0 Å². The summed E-state index contributed by atoms with van der Waals surface area (Å²) >= 11 is 0. The second kappa shape index (κ2) is 7.38. The van der Waals surface area contributed by atoms with Gasteiger partial charge in [-0.15, -0.1) is 0 Å². The summed E-state index contributed by atoms with van der Waals surface area (Å²) < 4.78 is 5.25. The van der Waals surface area contributed by atoms with Crippen LogP contribution in [0.1, 0.15) is 17.2 Å². The van der Waals surface area contributed by atoms with Crippen molar-refractivity contribution in [1.82, 2.24) is 15.2 Å². The smallest absolute Gasteiger partial charge is 0.118 e. The molecule has 4 heterocycles. The number of ether oxygens (including phenoxy) is 1. The molecule has 2 aromatic carbocycles. The molecule has 0 spiro atoms. The van der Waals surface area contributed by atoms with Gasteiger partial charge in [0.15, 0.2) is 0 Å². The largest absolute Gasteiger partial charge is 0.497 e. The lowest BCUT2D eigenvalue weighted by molar-refractivity contribution is 0.0463. The number of methoxy groups -OCH3 is 1. The van der Waals surface area contributed by atoms with Crippen LogP contribution in [0.15, 0.2) is 72.9 Å². The van der Waals surface area contributed by atoms with E-state index in [1.807, 2.05) is 24.4 Å². The third-order valence-corrected chi connectivity index (χ3v) is 6.04. The molecule has 3 aliphatic rings. The molecule has 142 valence electrons. The molecule has 4 heteroatoms. The van der Waals surface area contributed by atoms with Crippen LogP contribution in [0.4, 0.5) is 0 Å². The van der Waals surface area contributed by atoms with E-state index in [1.165, 1.54) is 16.7 Å². The Morgan fingerprint density at radius 2 is 1.61 bits per heavy atom. The molecule has 1 N–H and O–H groups in total. The standard InChI is InChI=1S/C24H25N3O/c1-28-21-11-9-18(10-12-21)17-5-7-19(8-6-17)24-22-15-27(16-23(24)26-22)14-20-4-2-3-13-25-20/h2-13,22-24,26H,14-16H2,1H3/t22-,23+,24?. The molecule has 3 atom stereocenters. The summed E-state index contributed by atoms with van der Waals surface area (Å²) in [5.41, 5.74) is 5.08. The number of nitrogens with zero attached hydrogens (tertiary/aromatic N) is 2. The maximum atomic E-state index is 5.25. The Balaban J connectivity index is 1.25. The van der Waals surface area contributed by atoms with Crippen molar-refractivity contribution in [3.8, 4) is 16.9 Å². The van der Waals surface area contributed by atoms with Gasteiger partial charge in [0.05, 0.1) is 12.8 Å². The third kappa shape index (κ3) is 3.30. The molecule has 1 unspecified atom stereocenters. The first-order chi connectivity index (χ1) is 13.8. The molecular formula is C24H25N3O. The molecule has 0 amide bonds. The second-order valence-electron chi connectivity index (χ2n) is 7.77. The van der Waals surface area contributed by atoms with Crippen molar-refractivity contribution in [3.05, 3.63) is 84.2 Å². The predicted molar refractivity (Wildman–Crippen MR) is 111 cm³/mol. The zero-order valence-electron chi connectivity index (χ0n) is 16.1.